The minimum absolute atomic E-state index is 0.0133. The number of likely N-dealkylation sites (tertiary alicyclic amines) is 1. The number of alkyl halides is 1. The van der Waals surface area contributed by atoms with Gasteiger partial charge in [0, 0.05) is 5.92 Å². The van der Waals surface area contributed by atoms with Crippen LogP contribution < -0.4 is 0 Å². The first-order chi connectivity index (χ1) is 7.74. The van der Waals surface area contributed by atoms with E-state index >= 15 is 0 Å². The molecule has 6 heteroatoms. The Hall–Kier alpha value is -0.880. The Labute approximate surface area is 100 Å². The number of aliphatic hydroxyl groups excluding tert-OH is 2. The maximum Gasteiger partial charge on any atom is 0.410 e. The summed E-state index contributed by atoms with van der Waals surface area (Å²) in [7, 11) is 0. The lowest BCUT2D eigenvalue weighted by molar-refractivity contribution is -0.0561. The fraction of sp³-hybridized carbons (Fsp3) is 0.909. The molecule has 0 aromatic heterocycles. The van der Waals surface area contributed by atoms with Crippen LogP contribution >= 0.6 is 0 Å². The maximum atomic E-state index is 13.6. The number of β-amino-alcohol motifs (C(OH)–C–C–N with tert-alkyl or cyclic N) is 1. The number of halogens is 1. The van der Waals surface area contributed by atoms with Crippen molar-refractivity contribution in [1.29, 1.82) is 0 Å². The highest BCUT2D eigenvalue weighted by molar-refractivity contribution is 5.68. The number of carbonyl (C=O) groups is 1. The van der Waals surface area contributed by atoms with Crippen LogP contribution in [0.15, 0.2) is 0 Å². The van der Waals surface area contributed by atoms with Crippen molar-refractivity contribution in [3.05, 3.63) is 0 Å². The first-order valence-electron chi connectivity index (χ1n) is 5.65. The van der Waals surface area contributed by atoms with Crippen molar-refractivity contribution in [3.63, 3.8) is 0 Å². The Morgan fingerprint density at radius 1 is 1.47 bits per heavy atom. The molecule has 0 aliphatic carbocycles. The third kappa shape index (κ3) is 3.81. The zero-order chi connectivity index (χ0) is 13.2. The second kappa shape index (κ2) is 5.18. The Morgan fingerprint density at radius 2 is 2.06 bits per heavy atom. The van der Waals surface area contributed by atoms with Gasteiger partial charge in [-0.1, -0.05) is 0 Å². The lowest BCUT2D eigenvalue weighted by Crippen LogP contribution is -2.54. The number of piperidine rings is 1. The van der Waals surface area contributed by atoms with E-state index in [1.165, 1.54) is 0 Å². The fourth-order valence-electron chi connectivity index (χ4n) is 1.73. The summed E-state index contributed by atoms with van der Waals surface area (Å²) in [5, 5.41) is 18.5. The molecule has 17 heavy (non-hydrogen) atoms. The topological polar surface area (TPSA) is 70.0 Å². The SMILES string of the molecule is CC(C)(C)OC(=O)N1CC(O)C(CO)C(F)C1. The lowest BCUT2D eigenvalue weighted by atomic mass is 9.93. The molecule has 1 heterocycles. The lowest BCUT2D eigenvalue weighted by Gasteiger charge is -2.37. The van der Waals surface area contributed by atoms with Crippen molar-refractivity contribution < 1.29 is 24.1 Å². The van der Waals surface area contributed by atoms with Gasteiger partial charge in [0.2, 0.25) is 0 Å². The number of ether oxygens (including phenoxy) is 1. The van der Waals surface area contributed by atoms with Crippen molar-refractivity contribution in [2.45, 2.75) is 38.6 Å². The molecule has 3 atom stereocenters. The molecular weight excluding hydrogens is 229 g/mol. The minimum atomic E-state index is -1.43. The van der Waals surface area contributed by atoms with Crippen LogP contribution in [-0.2, 0) is 4.74 Å². The van der Waals surface area contributed by atoms with E-state index in [-0.39, 0.29) is 13.1 Å². The average Bonchev–Trinajstić information content (AvgIpc) is 2.14. The fourth-order valence-corrected chi connectivity index (χ4v) is 1.73. The highest BCUT2D eigenvalue weighted by atomic mass is 19.1. The predicted molar refractivity (Wildman–Crippen MR) is 59.3 cm³/mol. The predicted octanol–water partition coefficient (Wildman–Crippen LogP) is 0.545. The summed E-state index contributed by atoms with van der Waals surface area (Å²) < 4.78 is 18.7. The van der Waals surface area contributed by atoms with Gasteiger partial charge in [-0.15, -0.1) is 0 Å². The minimum Gasteiger partial charge on any atom is -0.444 e. The Kier molecular flexibility index (Phi) is 4.32. The molecule has 5 nitrogen and oxygen atoms in total. The quantitative estimate of drug-likeness (QED) is 0.712. The number of rotatable bonds is 1. The zero-order valence-corrected chi connectivity index (χ0v) is 10.4. The van der Waals surface area contributed by atoms with Gasteiger partial charge in [-0.05, 0) is 20.8 Å². The summed E-state index contributed by atoms with van der Waals surface area (Å²) in [6, 6.07) is 0. The number of carbonyl (C=O) groups excluding carboxylic acids is 1. The van der Waals surface area contributed by atoms with Crippen molar-refractivity contribution in [3.8, 4) is 0 Å². The van der Waals surface area contributed by atoms with Gasteiger partial charge in [-0.25, -0.2) is 9.18 Å². The van der Waals surface area contributed by atoms with Crippen molar-refractivity contribution in [1.82, 2.24) is 4.90 Å². The molecule has 100 valence electrons. The molecular formula is C11H20FNO4. The van der Waals surface area contributed by atoms with Gasteiger partial charge in [0.25, 0.3) is 0 Å². The van der Waals surface area contributed by atoms with Crippen LogP contribution in [0.1, 0.15) is 20.8 Å². The number of aliphatic hydroxyl groups is 2. The number of hydrogen-bond donors (Lipinski definition) is 2. The number of amides is 1. The van der Waals surface area contributed by atoms with Gasteiger partial charge in [-0.3, -0.25) is 0 Å². The van der Waals surface area contributed by atoms with Crippen molar-refractivity contribution in [2.24, 2.45) is 5.92 Å². The smallest absolute Gasteiger partial charge is 0.410 e. The molecule has 1 saturated heterocycles. The summed E-state index contributed by atoms with van der Waals surface area (Å²) in [4.78, 5) is 12.8. The molecule has 0 spiro atoms. The van der Waals surface area contributed by atoms with E-state index in [2.05, 4.69) is 0 Å². The molecule has 1 rings (SSSR count). The van der Waals surface area contributed by atoms with Crippen LogP contribution in [0, 0.1) is 5.92 Å². The molecule has 2 N–H and O–H groups in total. The molecule has 1 amide bonds. The molecule has 0 aromatic rings. The molecule has 1 aliphatic heterocycles. The first kappa shape index (κ1) is 14.2. The zero-order valence-electron chi connectivity index (χ0n) is 10.4. The van der Waals surface area contributed by atoms with Gasteiger partial charge in [0.05, 0.1) is 25.8 Å². The van der Waals surface area contributed by atoms with Crippen molar-refractivity contribution in [2.75, 3.05) is 19.7 Å². The first-order valence-corrected chi connectivity index (χ1v) is 5.65. The van der Waals surface area contributed by atoms with Gasteiger partial charge in [0.15, 0.2) is 0 Å². The average molecular weight is 249 g/mol. The second-order valence-corrected chi connectivity index (χ2v) is 5.32. The Balaban J connectivity index is 2.60. The third-order valence-corrected chi connectivity index (χ3v) is 2.62. The third-order valence-electron chi connectivity index (χ3n) is 2.62. The van der Waals surface area contributed by atoms with E-state index < -0.39 is 36.5 Å². The van der Waals surface area contributed by atoms with Crippen LogP contribution in [-0.4, -0.2) is 58.8 Å². The summed E-state index contributed by atoms with van der Waals surface area (Å²) in [6.07, 6.45) is -3.14. The van der Waals surface area contributed by atoms with Gasteiger partial charge in [0.1, 0.15) is 11.8 Å². The van der Waals surface area contributed by atoms with Gasteiger partial charge >= 0.3 is 6.09 Å². The van der Waals surface area contributed by atoms with Crippen LogP contribution in [0.25, 0.3) is 0 Å². The summed E-state index contributed by atoms with van der Waals surface area (Å²) in [6.45, 7) is 4.56. The van der Waals surface area contributed by atoms with E-state index in [1.807, 2.05) is 0 Å². The van der Waals surface area contributed by atoms with Crippen LogP contribution in [0.2, 0.25) is 0 Å². The van der Waals surface area contributed by atoms with Crippen LogP contribution in [0.4, 0.5) is 9.18 Å². The second-order valence-electron chi connectivity index (χ2n) is 5.32. The highest BCUT2D eigenvalue weighted by Gasteiger charge is 2.38. The van der Waals surface area contributed by atoms with E-state index in [4.69, 9.17) is 9.84 Å². The van der Waals surface area contributed by atoms with Crippen LogP contribution in [0.3, 0.4) is 0 Å². The molecule has 0 aromatic carbocycles. The molecule has 1 aliphatic rings. The Morgan fingerprint density at radius 3 is 2.47 bits per heavy atom. The summed E-state index contributed by atoms with van der Waals surface area (Å²) in [5.74, 6) is -0.825. The summed E-state index contributed by atoms with van der Waals surface area (Å²) >= 11 is 0. The summed E-state index contributed by atoms with van der Waals surface area (Å²) in [5.41, 5.74) is -0.651. The number of nitrogens with zero attached hydrogens (tertiary/aromatic N) is 1. The maximum absolute atomic E-state index is 13.6. The van der Waals surface area contributed by atoms with Gasteiger partial charge < -0.3 is 19.8 Å². The number of hydrogen-bond acceptors (Lipinski definition) is 4. The van der Waals surface area contributed by atoms with E-state index in [0.29, 0.717) is 0 Å². The molecule has 1 fully saturated rings. The normalized spacial score (nSPS) is 30.2. The highest BCUT2D eigenvalue weighted by Crippen LogP contribution is 2.22. The standard InChI is InChI=1S/C11H20FNO4/c1-11(2,3)17-10(16)13-4-8(12)7(6-14)9(15)5-13/h7-9,14-15H,4-6H2,1-3H3. The van der Waals surface area contributed by atoms with Crippen molar-refractivity contribution >= 4 is 6.09 Å². The molecule has 0 bridgehead atoms. The van der Waals surface area contributed by atoms with E-state index in [9.17, 15) is 14.3 Å². The van der Waals surface area contributed by atoms with Gasteiger partial charge in [-0.2, -0.15) is 0 Å². The Bertz CT molecular complexity index is 267. The van der Waals surface area contributed by atoms with Crippen LogP contribution in [0.5, 0.6) is 0 Å². The van der Waals surface area contributed by atoms with E-state index in [0.717, 1.165) is 4.90 Å². The largest absolute Gasteiger partial charge is 0.444 e. The molecule has 3 unspecified atom stereocenters. The molecule has 0 radical (unpaired) electrons. The van der Waals surface area contributed by atoms with E-state index in [1.54, 1.807) is 20.8 Å². The monoisotopic (exact) mass is 249 g/mol. The molecule has 0 saturated carbocycles.